The van der Waals surface area contributed by atoms with Gasteiger partial charge in [-0.1, -0.05) is 45.5 Å². The molecule has 0 saturated carbocycles. The molecular formula is C31H42N2O3. The van der Waals surface area contributed by atoms with Crippen LogP contribution in [0.3, 0.4) is 0 Å². The van der Waals surface area contributed by atoms with Crippen molar-refractivity contribution in [3.05, 3.63) is 71.3 Å². The summed E-state index contributed by atoms with van der Waals surface area (Å²) in [5.74, 6) is 0.965. The van der Waals surface area contributed by atoms with Crippen LogP contribution >= 0.6 is 0 Å². The maximum atomic E-state index is 14.0. The van der Waals surface area contributed by atoms with Crippen molar-refractivity contribution >= 4 is 16.7 Å². The van der Waals surface area contributed by atoms with Gasteiger partial charge in [0.2, 0.25) is 0 Å². The molecule has 2 unspecified atom stereocenters. The number of hydrogen-bond acceptors (Lipinski definition) is 4. The van der Waals surface area contributed by atoms with E-state index >= 15 is 0 Å². The van der Waals surface area contributed by atoms with Gasteiger partial charge in [0.15, 0.2) is 17.3 Å². The Labute approximate surface area is 216 Å². The SMILES string of the molecule is C=C1/C=C(OC2CCCN(C(C)C)C2)\C(OC(C)C)=C/C(C)C(=O)c2c([nH]c3ccccc23)C1(C)C. The van der Waals surface area contributed by atoms with E-state index in [2.05, 4.69) is 44.2 Å². The fourth-order valence-corrected chi connectivity index (χ4v) is 5.20. The van der Waals surface area contributed by atoms with Crippen LogP contribution in [0.5, 0.6) is 0 Å². The Bertz CT molecular complexity index is 1200. The lowest BCUT2D eigenvalue weighted by Gasteiger charge is -2.36. The van der Waals surface area contributed by atoms with Crippen LogP contribution in [-0.4, -0.2) is 47.0 Å². The molecular weight excluding hydrogens is 448 g/mol. The fourth-order valence-electron chi connectivity index (χ4n) is 5.20. The molecule has 2 atom stereocenters. The summed E-state index contributed by atoms with van der Waals surface area (Å²) in [6.07, 6.45) is 6.04. The number of nitrogens with one attached hydrogen (secondary N) is 1. The van der Waals surface area contributed by atoms with Crippen LogP contribution in [0.1, 0.15) is 77.4 Å². The number of para-hydroxylation sites is 1. The molecule has 5 heteroatoms. The average molecular weight is 491 g/mol. The first-order chi connectivity index (χ1) is 17.0. The van der Waals surface area contributed by atoms with Crippen molar-refractivity contribution in [3.8, 4) is 0 Å². The van der Waals surface area contributed by atoms with Crippen LogP contribution < -0.4 is 0 Å². The summed E-state index contributed by atoms with van der Waals surface area (Å²) >= 11 is 0. The summed E-state index contributed by atoms with van der Waals surface area (Å²) in [5.41, 5.74) is 2.94. The largest absolute Gasteiger partial charge is 0.487 e. The van der Waals surface area contributed by atoms with Crippen molar-refractivity contribution in [2.45, 2.75) is 85.0 Å². The van der Waals surface area contributed by atoms with E-state index in [-0.39, 0.29) is 23.9 Å². The van der Waals surface area contributed by atoms with Gasteiger partial charge in [-0.25, -0.2) is 0 Å². The Kier molecular flexibility index (Phi) is 7.51. The number of likely N-dealkylation sites (tertiary alicyclic amines) is 1. The van der Waals surface area contributed by atoms with Crippen LogP contribution in [0, 0.1) is 5.92 Å². The number of benzene rings is 1. The maximum Gasteiger partial charge on any atom is 0.172 e. The van der Waals surface area contributed by atoms with Gasteiger partial charge in [0, 0.05) is 46.1 Å². The molecule has 2 aromatic rings. The summed E-state index contributed by atoms with van der Waals surface area (Å²) < 4.78 is 13.0. The van der Waals surface area contributed by atoms with Crippen LogP contribution in [0.25, 0.3) is 10.9 Å². The van der Waals surface area contributed by atoms with Gasteiger partial charge in [-0.2, -0.15) is 0 Å². The zero-order chi connectivity index (χ0) is 26.2. The number of aromatic nitrogens is 1. The van der Waals surface area contributed by atoms with E-state index in [9.17, 15) is 4.79 Å². The molecule has 2 aliphatic rings. The van der Waals surface area contributed by atoms with Gasteiger partial charge in [0.1, 0.15) is 6.10 Å². The molecule has 4 rings (SSSR count). The van der Waals surface area contributed by atoms with Crippen LogP contribution in [0.15, 0.2) is 60.1 Å². The van der Waals surface area contributed by atoms with Crippen LogP contribution in [-0.2, 0) is 14.9 Å². The van der Waals surface area contributed by atoms with E-state index in [0.29, 0.717) is 17.6 Å². The molecule has 1 aromatic heterocycles. The molecule has 1 aliphatic carbocycles. The predicted octanol–water partition coefficient (Wildman–Crippen LogP) is 6.92. The summed E-state index contributed by atoms with van der Waals surface area (Å²) in [6, 6.07) is 8.49. The number of allylic oxidation sites excluding steroid dienone is 3. The molecule has 0 bridgehead atoms. The third-order valence-corrected chi connectivity index (χ3v) is 7.54. The predicted molar refractivity (Wildman–Crippen MR) is 147 cm³/mol. The molecule has 1 aliphatic heterocycles. The van der Waals surface area contributed by atoms with Crippen molar-refractivity contribution < 1.29 is 14.3 Å². The van der Waals surface area contributed by atoms with Gasteiger partial charge >= 0.3 is 0 Å². The number of carbonyl (C=O) groups excluding carboxylic acids is 1. The summed E-state index contributed by atoms with van der Waals surface area (Å²) in [7, 11) is 0. The summed E-state index contributed by atoms with van der Waals surface area (Å²) in [5, 5.41) is 0.946. The Morgan fingerprint density at radius 2 is 1.86 bits per heavy atom. The molecule has 2 heterocycles. The van der Waals surface area contributed by atoms with Gasteiger partial charge < -0.3 is 14.5 Å². The van der Waals surface area contributed by atoms with Gasteiger partial charge in [-0.05, 0) is 70.9 Å². The second-order valence-electron chi connectivity index (χ2n) is 11.4. The molecule has 0 spiro atoms. The van der Waals surface area contributed by atoms with E-state index in [1.54, 1.807) is 0 Å². The number of hydrogen-bond donors (Lipinski definition) is 1. The molecule has 0 amide bonds. The number of nitrogens with zero attached hydrogens (tertiary/aromatic N) is 1. The Hall–Kier alpha value is -2.79. The minimum atomic E-state index is -0.519. The zero-order valence-corrected chi connectivity index (χ0v) is 23.0. The number of ether oxygens (including phenoxy) is 2. The van der Waals surface area contributed by atoms with Crippen molar-refractivity contribution in [2.24, 2.45) is 5.92 Å². The highest BCUT2D eigenvalue weighted by atomic mass is 16.5. The summed E-state index contributed by atoms with van der Waals surface area (Å²) in [4.78, 5) is 20.0. The fraction of sp³-hybridized carbons (Fsp3) is 0.516. The monoisotopic (exact) mass is 490 g/mol. The lowest BCUT2D eigenvalue weighted by Crippen LogP contribution is -2.43. The minimum absolute atomic E-state index is 0.0556. The summed E-state index contributed by atoms with van der Waals surface area (Å²) in [6.45, 7) is 21.1. The van der Waals surface area contributed by atoms with Gasteiger partial charge in [-0.15, -0.1) is 0 Å². The van der Waals surface area contributed by atoms with Crippen molar-refractivity contribution in [1.29, 1.82) is 0 Å². The first kappa shape index (κ1) is 26.3. The molecule has 36 heavy (non-hydrogen) atoms. The molecule has 5 nitrogen and oxygen atoms in total. The highest BCUT2D eigenvalue weighted by molar-refractivity contribution is 6.11. The number of carbonyl (C=O) groups is 1. The Morgan fingerprint density at radius 3 is 2.56 bits per heavy atom. The van der Waals surface area contributed by atoms with E-state index in [1.165, 1.54) is 0 Å². The highest BCUT2D eigenvalue weighted by Gasteiger charge is 2.35. The molecule has 194 valence electrons. The second kappa shape index (κ2) is 10.3. The smallest absolute Gasteiger partial charge is 0.172 e. The van der Waals surface area contributed by atoms with Crippen molar-refractivity contribution in [2.75, 3.05) is 13.1 Å². The van der Waals surface area contributed by atoms with Crippen LogP contribution in [0.2, 0.25) is 0 Å². The number of H-pyrrole nitrogens is 1. The number of aromatic amines is 1. The van der Waals surface area contributed by atoms with Gasteiger partial charge in [0.05, 0.1) is 6.10 Å². The number of piperidine rings is 1. The first-order valence-corrected chi connectivity index (χ1v) is 13.3. The molecule has 1 saturated heterocycles. The van der Waals surface area contributed by atoms with E-state index in [0.717, 1.165) is 53.7 Å². The Morgan fingerprint density at radius 1 is 1.14 bits per heavy atom. The zero-order valence-electron chi connectivity index (χ0n) is 23.0. The first-order valence-electron chi connectivity index (χ1n) is 13.3. The lowest BCUT2D eigenvalue weighted by molar-refractivity contribution is 0.0168. The average Bonchev–Trinajstić information content (AvgIpc) is 3.22. The third kappa shape index (κ3) is 5.17. The standard InChI is InChI=1S/C31H42N2O3/c1-19(2)33-15-11-12-23(18-33)36-27-17-22(6)31(7,8)30-28(24-13-9-10-14-25(24)32-30)29(34)21(5)16-26(27)35-20(3)4/h9-10,13-14,16-17,19-21,23,32H,6,11-12,15,18H2,1-5,7-8H3/b26-16+,27-17+. The third-order valence-electron chi connectivity index (χ3n) is 7.54. The lowest BCUT2D eigenvalue weighted by atomic mass is 9.77. The molecule has 1 N–H and O–H groups in total. The number of Topliss-reactive ketones (excluding diaryl/α,β-unsaturated/α-hetero) is 1. The molecule has 0 radical (unpaired) electrons. The molecule has 1 fully saturated rings. The number of rotatable bonds is 5. The second-order valence-corrected chi connectivity index (χ2v) is 11.4. The van der Waals surface area contributed by atoms with E-state index in [1.807, 2.05) is 57.2 Å². The van der Waals surface area contributed by atoms with Gasteiger partial charge in [0.25, 0.3) is 0 Å². The van der Waals surface area contributed by atoms with Gasteiger partial charge in [-0.3, -0.25) is 9.69 Å². The van der Waals surface area contributed by atoms with E-state index in [4.69, 9.17) is 9.47 Å². The number of fused-ring (bicyclic) bond motifs is 3. The van der Waals surface area contributed by atoms with Crippen molar-refractivity contribution in [3.63, 3.8) is 0 Å². The Balaban J connectivity index is 1.83. The van der Waals surface area contributed by atoms with Crippen molar-refractivity contribution in [1.82, 2.24) is 9.88 Å². The number of ketones is 1. The quantitative estimate of drug-likeness (QED) is 0.494. The normalized spacial score (nSPS) is 26.4. The molecule has 1 aromatic carbocycles. The van der Waals surface area contributed by atoms with Crippen LogP contribution in [0.4, 0.5) is 0 Å². The highest BCUT2D eigenvalue weighted by Crippen LogP contribution is 2.40. The maximum absolute atomic E-state index is 14.0. The minimum Gasteiger partial charge on any atom is -0.487 e. The van der Waals surface area contributed by atoms with E-state index < -0.39 is 5.41 Å². The topological polar surface area (TPSA) is 54.6 Å².